The lowest BCUT2D eigenvalue weighted by atomic mass is 10.1. The van der Waals surface area contributed by atoms with Crippen LogP contribution in [0.15, 0.2) is 49.1 Å². The Hall–Kier alpha value is -3.74. The van der Waals surface area contributed by atoms with Gasteiger partial charge in [0.2, 0.25) is 5.78 Å². The van der Waals surface area contributed by atoms with Gasteiger partial charge >= 0.3 is 5.97 Å². The van der Waals surface area contributed by atoms with Crippen molar-refractivity contribution in [3.05, 3.63) is 83.0 Å². The Morgan fingerprint density at radius 1 is 1.06 bits per heavy atom. The predicted molar refractivity (Wildman–Crippen MR) is 117 cm³/mol. The molecule has 31 heavy (non-hydrogen) atoms. The van der Waals surface area contributed by atoms with Crippen LogP contribution in [0, 0.1) is 27.7 Å². The van der Waals surface area contributed by atoms with Gasteiger partial charge in [-0.2, -0.15) is 5.10 Å². The van der Waals surface area contributed by atoms with Gasteiger partial charge < -0.3 is 9.30 Å². The van der Waals surface area contributed by atoms with Gasteiger partial charge in [0.15, 0.2) is 6.61 Å². The Balaban J connectivity index is 1.74. The molecule has 0 aliphatic rings. The molecule has 0 saturated heterocycles. The molecular formula is C24H25N3O4. The van der Waals surface area contributed by atoms with Crippen LogP contribution >= 0.6 is 0 Å². The van der Waals surface area contributed by atoms with Crippen molar-refractivity contribution in [1.29, 1.82) is 0 Å². The molecule has 0 unspecified atom stereocenters. The maximum atomic E-state index is 12.7. The van der Waals surface area contributed by atoms with Gasteiger partial charge in [-0.1, -0.05) is 24.3 Å². The van der Waals surface area contributed by atoms with E-state index in [2.05, 4.69) is 11.7 Å². The minimum Gasteiger partial charge on any atom is -0.451 e. The van der Waals surface area contributed by atoms with E-state index < -0.39 is 18.4 Å². The van der Waals surface area contributed by atoms with Gasteiger partial charge in [0.05, 0.1) is 22.6 Å². The standard InChI is InChI=1S/C24H25N3O4/c1-6-12-26-15(2)13-20(17(26)4)21(28)14-31-24(30)23(29)22-16(3)25-27(18(22)5)19-10-8-7-9-11-19/h6-11,13H,1,12,14H2,2-5H3. The third-order valence-corrected chi connectivity index (χ3v) is 5.22. The Kier molecular flexibility index (Phi) is 6.34. The highest BCUT2D eigenvalue weighted by molar-refractivity contribution is 6.41. The molecule has 0 bridgehead atoms. The number of ketones is 2. The minimum atomic E-state index is -1.08. The van der Waals surface area contributed by atoms with Crippen LogP contribution in [0.25, 0.3) is 5.69 Å². The van der Waals surface area contributed by atoms with Gasteiger partial charge in [0, 0.05) is 23.5 Å². The first-order valence-corrected chi connectivity index (χ1v) is 9.90. The predicted octanol–water partition coefficient (Wildman–Crippen LogP) is 3.70. The zero-order valence-electron chi connectivity index (χ0n) is 18.1. The van der Waals surface area contributed by atoms with Crippen LogP contribution in [0.1, 0.15) is 43.5 Å². The molecule has 0 aliphatic carbocycles. The average molecular weight is 419 g/mol. The van der Waals surface area contributed by atoms with E-state index in [0.717, 1.165) is 17.1 Å². The number of esters is 1. The maximum absolute atomic E-state index is 12.7. The van der Waals surface area contributed by atoms with Gasteiger partial charge in [-0.25, -0.2) is 9.48 Å². The second-order valence-corrected chi connectivity index (χ2v) is 7.31. The molecule has 7 heteroatoms. The van der Waals surface area contributed by atoms with Crippen LogP contribution in [0.2, 0.25) is 0 Å². The molecule has 0 saturated carbocycles. The summed E-state index contributed by atoms with van der Waals surface area (Å²) in [6.45, 7) is 10.9. The van der Waals surface area contributed by atoms with Gasteiger partial charge in [0.1, 0.15) is 0 Å². The normalized spacial score (nSPS) is 10.7. The molecule has 0 fully saturated rings. The number of allylic oxidation sites excluding steroid dienone is 1. The minimum absolute atomic E-state index is 0.186. The number of benzene rings is 1. The summed E-state index contributed by atoms with van der Waals surface area (Å²) in [7, 11) is 0. The highest BCUT2D eigenvalue weighted by atomic mass is 16.5. The van der Waals surface area contributed by atoms with Crippen LogP contribution < -0.4 is 0 Å². The summed E-state index contributed by atoms with van der Waals surface area (Å²) in [5.74, 6) is -2.26. The molecule has 3 aromatic rings. The lowest BCUT2D eigenvalue weighted by molar-refractivity contribution is -0.137. The second kappa shape index (κ2) is 8.95. The Bertz CT molecular complexity index is 1170. The summed E-state index contributed by atoms with van der Waals surface area (Å²) in [5.41, 5.74) is 4.05. The zero-order chi connectivity index (χ0) is 22.7. The fourth-order valence-electron chi connectivity index (χ4n) is 3.66. The van der Waals surface area contributed by atoms with E-state index in [4.69, 9.17) is 4.74 Å². The van der Waals surface area contributed by atoms with E-state index in [1.54, 1.807) is 30.7 Å². The monoisotopic (exact) mass is 419 g/mol. The highest BCUT2D eigenvalue weighted by Gasteiger charge is 2.27. The third-order valence-electron chi connectivity index (χ3n) is 5.22. The van der Waals surface area contributed by atoms with E-state index in [1.807, 2.05) is 48.7 Å². The summed E-state index contributed by atoms with van der Waals surface area (Å²) >= 11 is 0. The van der Waals surface area contributed by atoms with E-state index >= 15 is 0 Å². The molecule has 0 atom stereocenters. The number of rotatable bonds is 8. The molecule has 160 valence electrons. The fraction of sp³-hybridized carbons (Fsp3) is 0.250. The first kappa shape index (κ1) is 22.0. The van der Waals surface area contributed by atoms with Crippen LogP contribution in [0.3, 0.4) is 0 Å². The summed E-state index contributed by atoms with van der Waals surface area (Å²) in [6.07, 6.45) is 1.74. The molecule has 2 heterocycles. The van der Waals surface area contributed by atoms with Crippen LogP contribution in [0.5, 0.6) is 0 Å². The van der Waals surface area contributed by atoms with Gasteiger partial charge in [-0.3, -0.25) is 9.59 Å². The van der Waals surface area contributed by atoms with Crippen molar-refractivity contribution in [3.63, 3.8) is 0 Å². The van der Waals surface area contributed by atoms with E-state index in [1.165, 1.54) is 0 Å². The Morgan fingerprint density at radius 3 is 2.39 bits per heavy atom. The molecule has 7 nitrogen and oxygen atoms in total. The van der Waals surface area contributed by atoms with E-state index in [9.17, 15) is 14.4 Å². The number of ether oxygens (including phenoxy) is 1. The van der Waals surface area contributed by atoms with Crippen molar-refractivity contribution in [2.24, 2.45) is 0 Å². The zero-order valence-corrected chi connectivity index (χ0v) is 18.1. The molecular weight excluding hydrogens is 394 g/mol. The number of carbonyl (C=O) groups is 3. The van der Waals surface area contributed by atoms with E-state index in [0.29, 0.717) is 23.5 Å². The van der Waals surface area contributed by atoms with Crippen molar-refractivity contribution >= 4 is 17.5 Å². The SMILES string of the molecule is C=CCn1c(C)cc(C(=O)COC(=O)C(=O)c2c(C)nn(-c3ccccc3)c2C)c1C. The van der Waals surface area contributed by atoms with Crippen molar-refractivity contribution in [3.8, 4) is 5.69 Å². The lowest BCUT2D eigenvalue weighted by Gasteiger charge is -2.07. The fourth-order valence-corrected chi connectivity index (χ4v) is 3.66. The number of nitrogens with zero attached hydrogens (tertiary/aromatic N) is 3. The Labute approximate surface area is 180 Å². The third kappa shape index (κ3) is 4.26. The summed E-state index contributed by atoms with van der Waals surface area (Å²) in [6, 6.07) is 11.1. The molecule has 1 aromatic carbocycles. The van der Waals surface area contributed by atoms with E-state index in [-0.39, 0.29) is 11.3 Å². The number of para-hydroxylation sites is 1. The first-order chi connectivity index (χ1) is 14.8. The number of aromatic nitrogens is 3. The first-order valence-electron chi connectivity index (χ1n) is 9.90. The smallest absolute Gasteiger partial charge is 0.380 e. The topological polar surface area (TPSA) is 83.2 Å². The van der Waals surface area contributed by atoms with Crippen molar-refractivity contribution in [2.75, 3.05) is 6.61 Å². The quantitative estimate of drug-likeness (QED) is 0.241. The van der Waals surface area contributed by atoms with Crippen molar-refractivity contribution in [1.82, 2.24) is 14.3 Å². The van der Waals surface area contributed by atoms with Crippen molar-refractivity contribution in [2.45, 2.75) is 34.2 Å². The number of hydrogen-bond acceptors (Lipinski definition) is 5. The van der Waals surface area contributed by atoms with Crippen LogP contribution in [-0.4, -0.2) is 38.5 Å². The Morgan fingerprint density at radius 2 is 1.74 bits per heavy atom. The van der Waals surface area contributed by atoms with Crippen molar-refractivity contribution < 1.29 is 19.1 Å². The number of hydrogen-bond donors (Lipinski definition) is 0. The average Bonchev–Trinajstić information content (AvgIpc) is 3.22. The molecule has 2 aromatic heterocycles. The number of aryl methyl sites for hydroxylation is 2. The number of carbonyl (C=O) groups excluding carboxylic acids is 3. The molecule has 0 aliphatic heterocycles. The van der Waals surface area contributed by atoms with Crippen LogP contribution in [-0.2, 0) is 16.1 Å². The summed E-state index contributed by atoms with van der Waals surface area (Å²) in [4.78, 5) is 37.7. The van der Waals surface area contributed by atoms with Crippen LogP contribution in [0.4, 0.5) is 0 Å². The lowest BCUT2D eigenvalue weighted by Crippen LogP contribution is -2.22. The van der Waals surface area contributed by atoms with Gasteiger partial charge in [-0.15, -0.1) is 6.58 Å². The molecule has 0 amide bonds. The highest BCUT2D eigenvalue weighted by Crippen LogP contribution is 2.19. The summed E-state index contributed by atoms with van der Waals surface area (Å²) in [5, 5.41) is 4.38. The molecule has 0 N–H and O–H groups in total. The molecule has 0 radical (unpaired) electrons. The largest absolute Gasteiger partial charge is 0.451 e. The molecule has 3 rings (SSSR count). The second-order valence-electron chi connectivity index (χ2n) is 7.31. The van der Waals surface area contributed by atoms with Gasteiger partial charge in [-0.05, 0) is 45.9 Å². The van der Waals surface area contributed by atoms with Gasteiger partial charge in [0.25, 0.3) is 5.78 Å². The number of Topliss-reactive ketones (excluding diaryl/α,β-unsaturated/α-hetero) is 2. The molecule has 0 spiro atoms. The summed E-state index contributed by atoms with van der Waals surface area (Å²) < 4.78 is 8.61. The maximum Gasteiger partial charge on any atom is 0.380 e.